The molecule has 0 fully saturated rings. The van der Waals surface area contributed by atoms with Crippen molar-refractivity contribution >= 4 is 39.1 Å². The van der Waals surface area contributed by atoms with Crippen LogP contribution in [0.2, 0.25) is 0 Å². The van der Waals surface area contributed by atoms with Gasteiger partial charge in [-0.25, -0.2) is 13.8 Å². The zero-order valence-corrected chi connectivity index (χ0v) is 21.8. The number of carbonyl (C=O) groups excluding carboxylic acids is 2. The molecule has 0 aliphatic carbocycles. The van der Waals surface area contributed by atoms with E-state index in [2.05, 4.69) is 20.9 Å². The van der Waals surface area contributed by atoms with E-state index in [0.29, 0.717) is 4.90 Å². The van der Waals surface area contributed by atoms with Gasteiger partial charge in [-0.2, -0.15) is 43.9 Å². The van der Waals surface area contributed by atoms with Crippen molar-refractivity contribution in [2.24, 2.45) is 0 Å². The highest BCUT2D eigenvalue weighted by Gasteiger charge is 2.73. The van der Waals surface area contributed by atoms with Crippen LogP contribution in [0.4, 0.5) is 64.1 Å². The van der Waals surface area contributed by atoms with Gasteiger partial charge in [-0.15, -0.1) is 0 Å². The second-order valence-corrected chi connectivity index (χ2v) is 9.21. The Kier molecular flexibility index (Phi) is 8.64. The topological polar surface area (TPSA) is 62.3 Å². The van der Waals surface area contributed by atoms with Crippen molar-refractivity contribution in [1.82, 2.24) is 4.98 Å². The van der Waals surface area contributed by atoms with Crippen LogP contribution in [0, 0.1) is 11.8 Å². The number of pyridine rings is 1. The average Bonchev–Trinajstić information content (AvgIpc) is 2.86. The van der Waals surface area contributed by atoms with Crippen LogP contribution >= 0.6 is 15.9 Å². The predicted molar refractivity (Wildman–Crippen MR) is 125 cm³/mol. The molecular formula is C24H12BrF12N3O2. The normalized spacial score (nSPS) is 12.7. The number of amides is 2. The number of nitrogens with zero attached hydrogens (tertiary/aromatic N) is 2. The number of hydrogen-bond acceptors (Lipinski definition) is 3. The molecule has 0 bridgehead atoms. The zero-order chi connectivity index (χ0) is 32.0. The zero-order valence-electron chi connectivity index (χ0n) is 20.2. The lowest BCUT2D eigenvalue weighted by Crippen LogP contribution is -2.50. The van der Waals surface area contributed by atoms with Gasteiger partial charge in [0.25, 0.3) is 11.8 Å². The number of hydrogen-bond donors (Lipinski definition) is 1. The fourth-order valence-electron chi connectivity index (χ4n) is 3.58. The summed E-state index contributed by atoms with van der Waals surface area (Å²) < 4.78 is 162. The molecule has 0 saturated heterocycles. The SMILES string of the molecule is CN(C(=O)c1ccc(F)nc1)c1cccc(C(=O)Nc2c(Br)cc(C(F)(C(F)(F)F)C(F)(F)F)cc2C(F)(F)F)c1F. The van der Waals surface area contributed by atoms with Gasteiger partial charge in [-0.1, -0.05) is 6.07 Å². The monoisotopic (exact) mass is 681 g/mol. The van der Waals surface area contributed by atoms with Gasteiger partial charge in [0.15, 0.2) is 5.82 Å². The molecule has 1 N–H and O–H groups in total. The Labute approximate surface area is 235 Å². The molecule has 0 aliphatic rings. The molecule has 0 spiro atoms. The Balaban J connectivity index is 2.07. The molecule has 2 amide bonds. The van der Waals surface area contributed by atoms with Gasteiger partial charge in [0, 0.05) is 23.3 Å². The third kappa shape index (κ3) is 6.03. The molecule has 18 heteroatoms. The first-order valence-electron chi connectivity index (χ1n) is 10.8. The van der Waals surface area contributed by atoms with E-state index in [1.54, 1.807) is 5.32 Å². The van der Waals surface area contributed by atoms with E-state index < -0.39 is 86.4 Å². The minimum atomic E-state index is -6.74. The maximum Gasteiger partial charge on any atom is 0.435 e. The van der Waals surface area contributed by atoms with E-state index >= 15 is 4.39 Å². The Hall–Kier alpha value is -3.83. The average molecular weight is 682 g/mol. The minimum absolute atomic E-state index is 0.228. The molecular weight excluding hydrogens is 670 g/mol. The summed E-state index contributed by atoms with van der Waals surface area (Å²) in [6.45, 7) is 0. The molecule has 0 aliphatic heterocycles. The highest BCUT2D eigenvalue weighted by Crippen LogP contribution is 2.55. The van der Waals surface area contributed by atoms with Crippen LogP contribution in [0.1, 0.15) is 31.8 Å². The first-order chi connectivity index (χ1) is 19.1. The first-order valence-corrected chi connectivity index (χ1v) is 11.6. The van der Waals surface area contributed by atoms with Crippen molar-refractivity contribution in [2.75, 3.05) is 17.3 Å². The Morgan fingerprint density at radius 1 is 0.881 bits per heavy atom. The quantitative estimate of drug-likeness (QED) is 0.220. The van der Waals surface area contributed by atoms with Crippen LogP contribution in [0.15, 0.2) is 53.1 Å². The first kappa shape index (κ1) is 32.7. The van der Waals surface area contributed by atoms with Crippen molar-refractivity contribution in [3.8, 4) is 0 Å². The summed E-state index contributed by atoms with van der Waals surface area (Å²) in [5.74, 6) is -5.07. The van der Waals surface area contributed by atoms with Crippen LogP contribution < -0.4 is 10.2 Å². The third-order valence-electron chi connectivity index (χ3n) is 5.68. The number of anilines is 2. The van der Waals surface area contributed by atoms with E-state index in [1.165, 1.54) is 0 Å². The fourth-order valence-corrected chi connectivity index (χ4v) is 4.14. The molecule has 3 aromatic rings. The second-order valence-electron chi connectivity index (χ2n) is 8.36. The van der Waals surface area contributed by atoms with Gasteiger partial charge in [0.2, 0.25) is 5.95 Å². The lowest BCUT2D eigenvalue weighted by molar-refractivity contribution is -0.348. The van der Waals surface area contributed by atoms with Crippen LogP contribution in [-0.2, 0) is 11.8 Å². The standard InChI is InChI=1S/C24H12BrF12N3O2/c1-40(20(42)10-5-6-16(26)38-9-10)15-4-2-3-12(17(15)27)19(41)39-18-13(22(29,30)31)7-11(8-14(18)25)21(28,23(32,33)34)24(35,36)37/h2-9H,1H3,(H,39,41). The summed E-state index contributed by atoms with van der Waals surface area (Å²) in [7, 11) is 1.02. The summed E-state index contributed by atoms with van der Waals surface area (Å²) in [6, 6.07) is 3.48. The molecule has 2 aromatic carbocycles. The lowest BCUT2D eigenvalue weighted by atomic mass is 9.92. The van der Waals surface area contributed by atoms with Gasteiger partial charge >= 0.3 is 24.2 Å². The molecule has 1 aromatic heterocycles. The molecule has 0 radical (unpaired) electrons. The molecule has 226 valence electrons. The highest BCUT2D eigenvalue weighted by atomic mass is 79.9. The number of nitrogens with one attached hydrogen (secondary N) is 1. The van der Waals surface area contributed by atoms with Gasteiger partial charge in [-0.05, 0) is 52.3 Å². The number of rotatable bonds is 5. The Morgan fingerprint density at radius 2 is 1.48 bits per heavy atom. The van der Waals surface area contributed by atoms with Crippen molar-refractivity contribution in [2.45, 2.75) is 24.2 Å². The fraction of sp³-hybridized carbons (Fsp3) is 0.208. The summed E-state index contributed by atoms with van der Waals surface area (Å²) in [5.41, 5.74) is -14.4. The summed E-state index contributed by atoms with van der Waals surface area (Å²) in [5, 5.41) is 1.55. The maximum atomic E-state index is 15.3. The van der Waals surface area contributed by atoms with Gasteiger partial charge < -0.3 is 10.2 Å². The smallest absolute Gasteiger partial charge is 0.320 e. The highest BCUT2D eigenvalue weighted by molar-refractivity contribution is 9.10. The second kappa shape index (κ2) is 11.1. The van der Waals surface area contributed by atoms with E-state index in [1.807, 2.05) is 0 Å². The molecule has 3 rings (SSSR count). The Bertz CT molecular complexity index is 1510. The predicted octanol–water partition coefficient (Wildman–Crippen LogP) is 7.96. The largest absolute Gasteiger partial charge is 0.435 e. The summed E-state index contributed by atoms with van der Waals surface area (Å²) in [6.07, 6.45) is -18.4. The van der Waals surface area contributed by atoms with Crippen LogP contribution in [0.5, 0.6) is 0 Å². The summed E-state index contributed by atoms with van der Waals surface area (Å²) >= 11 is 2.33. The molecule has 0 unspecified atom stereocenters. The number of carbonyl (C=O) groups is 2. The van der Waals surface area contributed by atoms with Crippen molar-refractivity contribution in [3.63, 3.8) is 0 Å². The molecule has 5 nitrogen and oxygen atoms in total. The molecule has 0 atom stereocenters. The minimum Gasteiger partial charge on any atom is -0.320 e. The maximum absolute atomic E-state index is 15.3. The number of aromatic nitrogens is 1. The van der Waals surface area contributed by atoms with Crippen molar-refractivity contribution in [1.29, 1.82) is 0 Å². The molecule has 0 saturated carbocycles. The number of benzene rings is 2. The van der Waals surface area contributed by atoms with Crippen LogP contribution in [-0.4, -0.2) is 36.2 Å². The van der Waals surface area contributed by atoms with Crippen molar-refractivity contribution < 1.29 is 62.3 Å². The van der Waals surface area contributed by atoms with Crippen LogP contribution in [0.25, 0.3) is 0 Å². The molecule has 42 heavy (non-hydrogen) atoms. The third-order valence-corrected chi connectivity index (χ3v) is 6.30. The number of alkyl halides is 10. The van der Waals surface area contributed by atoms with E-state index in [0.717, 1.165) is 43.6 Å². The van der Waals surface area contributed by atoms with Gasteiger partial charge in [0.05, 0.1) is 28.1 Å². The van der Waals surface area contributed by atoms with E-state index in [-0.39, 0.29) is 11.6 Å². The van der Waals surface area contributed by atoms with Crippen molar-refractivity contribution in [3.05, 3.63) is 87.2 Å². The van der Waals surface area contributed by atoms with E-state index in [4.69, 9.17) is 0 Å². The van der Waals surface area contributed by atoms with E-state index in [9.17, 15) is 57.9 Å². The number of halogens is 13. The summed E-state index contributed by atoms with van der Waals surface area (Å²) in [4.78, 5) is 29.3. The van der Waals surface area contributed by atoms with Gasteiger partial charge in [-0.3, -0.25) is 9.59 Å². The van der Waals surface area contributed by atoms with Gasteiger partial charge in [0.1, 0.15) is 0 Å². The van der Waals surface area contributed by atoms with Crippen LogP contribution in [0.3, 0.4) is 0 Å². The lowest BCUT2D eigenvalue weighted by Gasteiger charge is -2.31. The Morgan fingerprint density at radius 3 is 1.98 bits per heavy atom. The molecule has 1 heterocycles.